The van der Waals surface area contributed by atoms with E-state index in [1.807, 2.05) is 86.6 Å². The zero-order valence-corrected chi connectivity index (χ0v) is 24.8. The van der Waals surface area contributed by atoms with Crippen molar-refractivity contribution in [2.45, 2.75) is 76.1 Å². The van der Waals surface area contributed by atoms with Gasteiger partial charge in [-0.05, 0) is 36.1 Å². The van der Waals surface area contributed by atoms with Gasteiger partial charge in [0.2, 0.25) is 0 Å². The van der Waals surface area contributed by atoms with E-state index in [-0.39, 0.29) is 6.61 Å². The highest BCUT2D eigenvalue weighted by Gasteiger charge is 2.70. The van der Waals surface area contributed by atoms with Gasteiger partial charge in [0.25, 0.3) is 0 Å². The van der Waals surface area contributed by atoms with Gasteiger partial charge in [-0.3, -0.25) is 0 Å². The summed E-state index contributed by atoms with van der Waals surface area (Å²) in [6.45, 7) is 5.77. The van der Waals surface area contributed by atoms with E-state index in [4.69, 9.17) is 28.4 Å². The Kier molecular flexibility index (Phi) is 9.34. The summed E-state index contributed by atoms with van der Waals surface area (Å²) in [7, 11) is 0. The van der Waals surface area contributed by atoms with Crippen LogP contribution in [-0.2, 0) is 54.8 Å². The molecule has 6 heteroatoms. The number of hydrogen-bond acceptors (Lipinski definition) is 6. The van der Waals surface area contributed by atoms with Crippen molar-refractivity contribution >= 4 is 0 Å². The van der Waals surface area contributed by atoms with Crippen LogP contribution in [0.4, 0.5) is 0 Å². The average molecular weight is 581 g/mol. The molecule has 1 heterocycles. The van der Waals surface area contributed by atoms with E-state index in [0.717, 1.165) is 22.3 Å². The molecule has 43 heavy (non-hydrogen) atoms. The van der Waals surface area contributed by atoms with E-state index in [1.54, 1.807) is 0 Å². The fourth-order valence-corrected chi connectivity index (χ4v) is 6.12. The Bertz CT molecular complexity index is 1400. The number of ether oxygens (including phenoxy) is 6. The molecule has 1 saturated heterocycles. The quantitative estimate of drug-likeness (QED) is 0.172. The van der Waals surface area contributed by atoms with Crippen LogP contribution in [-0.4, -0.2) is 42.4 Å². The maximum Gasteiger partial charge on any atom is 0.164 e. The van der Waals surface area contributed by atoms with Gasteiger partial charge in [-0.1, -0.05) is 121 Å². The molecule has 0 spiro atoms. The van der Waals surface area contributed by atoms with E-state index in [1.165, 1.54) is 0 Å². The third-order valence-corrected chi connectivity index (χ3v) is 8.01. The molecule has 6 rings (SSSR count). The fraction of sp³-hybridized carbons (Fsp3) is 0.351. The monoisotopic (exact) mass is 580 g/mol. The van der Waals surface area contributed by atoms with E-state index in [0.29, 0.717) is 26.4 Å². The number of rotatable bonds is 13. The van der Waals surface area contributed by atoms with Crippen molar-refractivity contribution < 1.29 is 28.4 Å². The topological polar surface area (TPSA) is 55.4 Å². The van der Waals surface area contributed by atoms with Crippen LogP contribution in [0.1, 0.15) is 36.1 Å². The highest BCUT2D eigenvalue weighted by atomic mass is 16.8. The third kappa shape index (κ3) is 7.07. The van der Waals surface area contributed by atoms with Crippen molar-refractivity contribution in [2.75, 3.05) is 6.61 Å². The second-order valence-corrected chi connectivity index (χ2v) is 11.7. The van der Waals surface area contributed by atoms with Gasteiger partial charge in [0.1, 0.15) is 24.4 Å². The minimum atomic E-state index is -0.963. The van der Waals surface area contributed by atoms with Gasteiger partial charge in [-0.25, -0.2) is 0 Å². The fourth-order valence-electron chi connectivity index (χ4n) is 6.12. The Labute approximate surface area is 254 Å². The molecular weight excluding hydrogens is 540 g/mol. The second-order valence-electron chi connectivity index (χ2n) is 11.7. The lowest BCUT2D eigenvalue weighted by molar-refractivity contribution is -0.239. The van der Waals surface area contributed by atoms with Gasteiger partial charge < -0.3 is 28.4 Å². The van der Waals surface area contributed by atoms with Gasteiger partial charge in [-0.15, -0.1) is 0 Å². The smallest absolute Gasteiger partial charge is 0.164 e. The summed E-state index contributed by atoms with van der Waals surface area (Å²) in [4.78, 5) is 0. The molecule has 2 fully saturated rings. The molecular formula is C37H40O6. The highest BCUT2D eigenvalue weighted by molar-refractivity contribution is 5.21. The molecule has 0 aromatic heterocycles. The van der Waals surface area contributed by atoms with E-state index in [9.17, 15) is 0 Å². The molecule has 0 unspecified atom stereocenters. The third-order valence-electron chi connectivity index (χ3n) is 8.01. The molecule has 0 amide bonds. The van der Waals surface area contributed by atoms with Crippen molar-refractivity contribution in [1.29, 1.82) is 0 Å². The summed E-state index contributed by atoms with van der Waals surface area (Å²) in [5.74, 6) is -0.867. The van der Waals surface area contributed by atoms with Crippen LogP contribution in [0.2, 0.25) is 0 Å². The van der Waals surface area contributed by atoms with E-state index in [2.05, 4.69) is 48.5 Å². The Hall–Kier alpha value is -3.36. The molecule has 4 aromatic carbocycles. The van der Waals surface area contributed by atoms with Crippen LogP contribution in [0.15, 0.2) is 121 Å². The van der Waals surface area contributed by atoms with Gasteiger partial charge in [0.05, 0.1) is 33.0 Å². The zero-order valence-electron chi connectivity index (χ0n) is 24.8. The second kappa shape index (κ2) is 13.5. The highest BCUT2D eigenvalue weighted by Crippen LogP contribution is 2.50. The molecule has 0 N–H and O–H groups in total. The largest absolute Gasteiger partial charge is 0.374 e. The minimum absolute atomic E-state index is 0.256. The van der Waals surface area contributed by atoms with Gasteiger partial charge in [-0.2, -0.15) is 0 Å². The molecule has 1 aliphatic carbocycles. The van der Waals surface area contributed by atoms with Crippen LogP contribution in [0.3, 0.4) is 0 Å². The average Bonchev–Trinajstić information content (AvgIpc) is 3.43. The Morgan fingerprint density at radius 2 is 0.953 bits per heavy atom. The molecule has 0 radical (unpaired) electrons. The van der Waals surface area contributed by atoms with Crippen molar-refractivity contribution in [3.8, 4) is 0 Å². The van der Waals surface area contributed by atoms with Crippen molar-refractivity contribution in [1.82, 2.24) is 0 Å². The lowest BCUT2D eigenvalue weighted by atomic mass is 9.97. The standard InChI is InChI=1S/C37H40O6/c1-36(2)42-35-33(40-25-30-19-11-5-12-20-30)32(39-24-29-17-9-4-10-18-29)34(41-26-31-21-13-6-14-22-31)37(35,43-36)27-38-23-28-15-7-3-8-16-28/h3-22,32-35H,23-27H2,1-2H3/t32-,33-,34+,35+,37-/m1/s1. The van der Waals surface area contributed by atoms with Crippen LogP contribution in [0.5, 0.6) is 0 Å². The van der Waals surface area contributed by atoms with Crippen molar-refractivity contribution in [2.24, 2.45) is 0 Å². The molecule has 224 valence electrons. The minimum Gasteiger partial charge on any atom is -0.374 e. The number of benzene rings is 4. The maximum absolute atomic E-state index is 6.83. The SMILES string of the molecule is CC1(C)O[C@H]2[C@H](OCc3ccccc3)[C@@H](OCc3ccccc3)[C@H](OCc3ccccc3)[C@@]2(COCc2ccccc2)O1. The van der Waals surface area contributed by atoms with Crippen LogP contribution in [0, 0.1) is 0 Å². The predicted octanol–water partition coefficient (Wildman–Crippen LogP) is 6.86. The molecule has 6 nitrogen and oxygen atoms in total. The summed E-state index contributed by atoms with van der Waals surface area (Å²) in [5, 5.41) is 0. The predicted molar refractivity (Wildman–Crippen MR) is 164 cm³/mol. The lowest BCUT2D eigenvalue weighted by Gasteiger charge is -2.36. The Balaban J connectivity index is 1.33. The van der Waals surface area contributed by atoms with Crippen molar-refractivity contribution in [3.05, 3.63) is 144 Å². The van der Waals surface area contributed by atoms with E-state index >= 15 is 0 Å². The first-order valence-electron chi connectivity index (χ1n) is 15.0. The van der Waals surface area contributed by atoms with Gasteiger partial charge >= 0.3 is 0 Å². The van der Waals surface area contributed by atoms with Crippen LogP contribution >= 0.6 is 0 Å². The summed E-state index contributed by atoms with van der Waals surface area (Å²) in [6, 6.07) is 40.6. The first-order valence-corrected chi connectivity index (χ1v) is 15.0. The maximum atomic E-state index is 6.83. The summed E-state index contributed by atoms with van der Waals surface area (Å²) in [6.07, 6.45) is -1.95. The summed E-state index contributed by atoms with van der Waals surface area (Å²) >= 11 is 0. The zero-order chi connectivity index (χ0) is 29.5. The first-order chi connectivity index (χ1) is 21.0. The molecule has 0 bridgehead atoms. The molecule has 2 aliphatic rings. The first kappa shape index (κ1) is 29.7. The van der Waals surface area contributed by atoms with Crippen LogP contribution in [0.25, 0.3) is 0 Å². The molecule has 1 aliphatic heterocycles. The summed E-state index contributed by atoms with van der Waals surface area (Å²) < 4.78 is 40.1. The van der Waals surface area contributed by atoms with Gasteiger partial charge in [0.15, 0.2) is 11.4 Å². The normalized spacial score (nSPS) is 25.9. The lowest BCUT2D eigenvalue weighted by Crippen LogP contribution is -2.53. The molecule has 1 saturated carbocycles. The Morgan fingerprint density at radius 3 is 1.44 bits per heavy atom. The van der Waals surface area contributed by atoms with Crippen molar-refractivity contribution in [3.63, 3.8) is 0 Å². The van der Waals surface area contributed by atoms with Crippen LogP contribution < -0.4 is 0 Å². The number of hydrogen-bond donors (Lipinski definition) is 0. The summed E-state index contributed by atoms with van der Waals surface area (Å²) in [5.41, 5.74) is 3.33. The molecule has 5 atom stereocenters. The molecule has 4 aromatic rings. The van der Waals surface area contributed by atoms with E-state index < -0.39 is 35.8 Å². The number of fused-ring (bicyclic) bond motifs is 1. The Morgan fingerprint density at radius 1 is 0.535 bits per heavy atom. The van der Waals surface area contributed by atoms with Gasteiger partial charge in [0, 0.05) is 0 Å².